The zero-order valence-electron chi connectivity index (χ0n) is 25.8. The Morgan fingerprint density at radius 3 is 2.33 bits per heavy atom. The summed E-state index contributed by atoms with van der Waals surface area (Å²) in [4.78, 5) is 30.5. The van der Waals surface area contributed by atoms with E-state index in [1.165, 1.54) is 0 Å². The number of allylic oxidation sites excluding steroid dienone is 2. The largest absolute Gasteiger partial charge is 0.331 e. The molecule has 1 aromatic heterocycles. The van der Waals surface area contributed by atoms with Gasteiger partial charge in [-0.15, -0.1) is 5.10 Å². The summed E-state index contributed by atoms with van der Waals surface area (Å²) in [5, 5.41) is 8.49. The van der Waals surface area contributed by atoms with Gasteiger partial charge in [0, 0.05) is 31.9 Å². The number of hydrogen-bond acceptors (Lipinski definition) is 5. The van der Waals surface area contributed by atoms with Gasteiger partial charge >= 0.3 is 0 Å². The molecule has 0 spiro atoms. The number of carbonyl (C=O) groups is 2. The number of carbonyl (C=O) groups excluding carboxylic acids is 2. The van der Waals surface area contributed by atoms with Crippen molar-refractivity contribution < 1.29 is 14.0 Å². The number of likely N-dealkylation sites (tertiary alicyclic amines) is 1. The Bertz CT molecular complexity index is 1160. The maximum absolute atomic E-state index is 13.2. The fraction of sp³-hybridized carbons (Fsp3) is 0.594. The Kier molecular flexibility index (Phi) is 12.4. The van der Waals surface area contributed by atoms with Gasteiger partial charge in [-0.25, -0.2) is 9.07 Å². The molecule has 220 valence electrons. The molecule has 0 N–H and O–H groups in total. The van der Waals surface area contributed by atoms with Gasteiger partial charge in [0.1, 0.15) is 11.9 Å². The van der Waals surface area contributed by atoms with Crippen molar-refractivity contribution in [3.05, 3.63) is 59.2 Å². The molecule has 8 heteroatoms. The first-order chi connectivity index (χ1) is 18.8. The zero-order valence-corrected chi connectivity index (χ0v) is 25.8. The van der Waals surface area contributed by atoms with Gasteiger partial charge in [0.25, 0.3) is 0 Å². The summed E-state index contributed by atoms with van der Waals surface area (Å²) in [5.41, 5.74) is 2.47. The van der Waals surface area contributed by atoms with Gasteiger partial charge in [-0.1, -0.05) is 58.0 Å². The molecular weight excluding hydrogens is 505 g/mol. The number of halogens is 1. The van der Waals surface area contributed by atoms with E-state index in [9.17, 15) is 14.0 Å². The number of ketones is 1. The normalized spacial score (nSPS) is 18.0. The summed E-state index contributed by atoms with van der Waals surface area (Å²) < 4.78 is 14.7. The van der Waals surface area contributed by atoms with Crippen molar-refractivity contribution in [2.24, 2.45) is 10.4 Å². The second kappa shape index (κ2) is 15.0. The highest BCUT2D eigenvalue weighted by Gasteiger charge is 2.42. The van der Waals surface area contributed by atoms with E-state index in [1.54, 1.807) is 42.8 Å². The molecule has 0 radical (unpaired) electrons. The average Bonchev–Trinajstić information content (AvgIpc) is 3.41. The fourth-order valence-corrected chi connectivity index (χ4v) is 4.61. The molecule has 4 rings (SSSR count). The summed E-state index contributed by atoms with van der Waals surface area (Å²) in [7, 11) is 1.75. The van der Waals surface area contributed by atoms with E-state index in [4.69, 9.17) is 0 Å². The summed E-state index contributed by atoms with van der Waals surface area (Å²) in [6.45, 7) is 16.2. The second-order valence-electron chi connectivity index (χ2n) is 12.1. The third kappa shape index (κ3) is 9.49. The van der Waals surface area contributed by atoms with Crippen molar-refractivity contribution in [2.75, 3.05) is 13.6 Å². The number of nitrogens with zero attached hydrogens (tertiary/aromatic N) is 5. The van der Waals surface area contributed by atoms with Crippen LogP contribution in [0.25, 0.3) is 0 Å². The lowest BCUT2D eigenvalue weighted by Crippen LogP contribution is -2.47. The van der Waals surface area contributed by atoms with Crippen LogP contribution >= 0.6 is 0 Å². The molecule has 7 nitrogen and oxygen atoms in total. The highest BCUT2D eigenvalue weighted by atomic mass is 19.1. The number of rotatable bonds is 6. The van der Waals surface area contributed by atoms with Crippen LogP contribution in [0.4, 0.5) is 4.39 Å². The molecule has 0 bridgehead atoms. The Morgan fingerprint density at radius 1 is 1.18 bits per heavy atom. The van der Waals surface area contributed by atoms with E-state index in [0.717, 1.165) is 42.5 Å². The molecule has 1 amide bonds. The number of benzene rings is 1. The standard InChI is InChI=1S/C17H26N4O2.C10H13F.C5H9N/c1-11(22)14-6-5-9-20(14)16(23)15(17(2,3)4)21-10-13(18-19-21)12-7-8-12;1-7(2)9-5-4-8(3)10(11)6-9;1-3-4-5-6-2/h10,12,14-15H,5-9H2,1-4H3;4-7H,1-3H3;3-5H,1-2H3/b;;4-3-,6-5?. The van der Waals surface area contributed by atoms with Crippen LogP contribution in [0.5, 0.6) is 0 Å². The molecule has 1 aromatic carbocycles. The van der Waals surface area contributed by atoms with Crippen molar-refractivity contribution in [3.63, 3.8) is 0 Å². The minimum atomic E-state index is -0.428. The number of aliphatic imine (C=N–C) groups is 1. The maximum atomic E-state index is 13.2. The molecule has 2 heterocycles. The number of aryl methyl sites for hydroxylation is 1. The number of hydrogen-bond donors (Lipinski definition) is 0. The molecule has 2 aliphatic rings. The van der Waals surface area contributed by atoms with Crippen LogP contribution in [-0.2, 0) is 9.59 Å². The van der Waals surface area contributed by atoms with Gasteiger partial charge in [-0.2, -0.15) is 0 Å². The fourth-order valence-electron chi connectivity index (χ4n) is 4.61. The third-order valence-electron chi connectivity index (χ3n) is 7.14. The monoisotopic (exact) mass is 553 g/mol. The molecule has 2 unspecified atom stereocenters. The predicted octanol–water partition coefficient (Wildman–Crippen LogP) is 6.84. The number of aromatic nitrogens is 3. The van der Waals surface area contributed by atoms with Gasteiger partial charge in [-0.05, 0) is 81.1 Å². The smallest absolute Gasteiger partial charge is 0.248 e. The van der Waals surface area contributed by atoms with Gasteiger partial charge in [0.2, 0.25) is 5.91 Å². The number of Topliss-reactive ketones (excluding diaryl/α,β-unsaturated/α-hetero) is 1. The van der Waals surface area contributed by atoms with E-state index in [2.05, 4.69) is 29.2 Å². The Hall–Kier alpha value is -3.16. The van der Waals surface area contributed by atoms with E-state index < -0.39 is 6.04 Å². The van der Waals surface area contributed by atoms with E-state index in [1.807, 2.05) is 58.2 Å². The van der Waals surface area contributed by atoms with Crippen molar-refractivity contribution in [1.29, 1.82) is 0 Å². The lowest BCUT2D eigenvalue weighted by atomic mass is 9.85. The Labute approximate surface area is 239 Å². The molecule has 2 atom stereocenters. The quantitative estimate of drug-likeness (QED) is 0.367. The van der Waals surface area contributed by atoms with Crippen molar-refractivity contribution >= 4 is 17.9 Å². The van der Waals surface area contributed by atoms with Crippen LogP contribution in [0.2, 0.25) is 0 Å². The third-order valence-corrected chi connectivity index (χ3v) is 7.14. The first kappa shape index (κ1) is 33.0. The van der Waals surface area contributed by atoms with E-state index >= 15 is 0 Å². The highest BCUT2D eigenvalue weighted by Crippen LogP contribution is 2.40. The van der Waals surface area contributed by atoms with Crippen molar-refractivity contribution in [3.8, 4) is 0 Å². The van der Waals surface area contributed by atoms with Crippen LogP contribution in [0.15, 0.2) is 41.5 Å². The lowest BCUT2D eigenvalue weighted by Gasteiger charge is -2.34. The molecule has 1 aliphatic carbocycles. The van der Waals surface area contributed by atoms with Crippen LogP contribution in [0.1, 0.15) is 109 Å². The minimum Gasteiger partial charge on any atom is -0.331 e. The van der Waals surface area contributed by atoms with Gasteiger partial charge in [-0.3, -0.25) is 14.6 Å². The molecule has 1 saturated carbocycles. The molecule has 1 saturated heterocycles. The molecule has 40 heavy (non-hydrogen) atoms. The van der Waals surface area contributed by atoms with Crippen LogP contribution < -0.4 is 0 Å². The predicted molar refractivity (Wildman–Crippen MR) is 160 cm³/mol. The average molecular weight is 554 g/mol. The number of amides is 1. The topological polar surface area (TPSA) is 80.5 Å². The van der Waals surface area contributed by atoms with E-state index in [0.29, 0.717) is 18.4 Å². The zero-order chi connectivity index (χ0) is 30.0. The summed E-state index contributed by atoms with van der Waals surface area (Å²) >= 11 is 0. The molecule has 2 fully saturated rings. The summed E-state index contributed by atoms with van der Waals surface area (Å²) in [6, 6.07) is 4.70. The first-order valence-corrected chi connectivity index (χ1v) is 14.3. The van der Waals surface area contributed by atoms with Gasteiger partial charge < -0.3 is 4.90 Å². The summed E-state index contributed by atoms with van der Waals surface area (Å²) in [6.07, 6.45) is 11.5. The van der Waals surface area contributed by atoms with Gasteiger partial charge in [0.05, 0.1) is 11.7 Å². The minimum absolute atomic E-state index is 0.0116. The lowest BCUT2D eigenvalue weighted by molar-refractivity contribution is -0.142. The molecule has 1 aliphatic heterocycles. The molecule has 2 aromatic rings. The summed E-state index contributed by atoms with van der Waals surface area (Å²) in [5.74, 6) is 0.876. The first-order valence-electron chi connectivity index (χ1n) is 14.3. The highest BCUT2D eigenvalue weighted by molar-refractivity contribution is 5.90. The molecular formula is C32H48FN5O2. The Balaban J connectivity index is 0.000000273. The SMILES string of the molecule is C/C=C\C=NC.CC(=O)C1CCCN1C(=O)C(n1cc(C2CC2)nn1)C(C)(C)C.Cc1ccc(C(C)C)cc1F. The van der Waals surface area contributed by atoms with Crippen LogP contribution in [0, 0.1) is 18.2 Å². The van der Waals surface area contributed by atoms with E-state index in [-0.39, 0.29) is 29.0 Å². The van der Waals surface area contributed by atoms with Crippen molar-refractivity contribution in [1.82, 2.24) is 19.9 Å². The van der Waals surface area contributed by atoms with Gasteiger partial charge in [0.15, 0.2) is 5.78 Å². The Morgan fingerprint density at radius 2 is 1.85 bits per heavy atom. The maximum Gasteiger partial charge on any atom is 0.248 e. The van der Waals surface area contributed by atoms with Crippen molar-refractivity contribution in [2.45, 2.75) is 105 Å². The second-order valence-corrected chi connectivity index (χ2v) is 12.1. The van der Waals surface area contributed by atoms with Crippen LogP contribution in [0.3, 0.4) is 0 Å². The van der Waals surface area contributed by atoms with Crippen LogP contribution in [-0.4, -0.2) is 57.4 Å².